The van der Waals surface area contributed by atoms with Crippen LogP contribution in [-0.4, -0.2) is 49.1 Å². The van der Waals surface area contributed by atoms with Crippen molar-refractivity contribution in [1.29, 1.82) is 0 Å². The lowest BCUT2D eigenvalue weighted by atomic mass is 10.1. The van der Waals surface area contributed by atoms with Crippen molar-refractivity contribution in [2.45, 2.75) is 12.5 Å². The van der Waals surface area contributed by atoms with E-state index in [4.69, 9.17) is 13.9 Å². The summed E-state index contributed by atoms with van der Waals surface area (Å²) in [5.41, 5.74) is 0.339. The molecule has 1 amide bonds. The number of methoxy groups -OCH3 is 2. The third-order valence-corrected chi connectivity index (χ3v) is 4.89. The highest BCUT2D eigenvalue weighted by molar-refractivity contribution is 6.00. The lowest BCUT2D eigenvalue weighted by Gasteiger charge is -2.20. The van der Waals surface area contributed by atoms with E-state index in [0.29, 0.717) is 36.6 Å². The highest BCUT2D eigenvalue weighted by atomic mass is 19.2. The third-order valence-electron chi connectivity index (χ3n) is 4.89. The molecule has 2 heterocycles. The van der Waals surface area contributed by atoms with Gasteiger partial charge in [-0.2, -0.15) is 9.37 Å². The summed E-state index contributed by atoms with van der Waals surface area (Å²) in [6.07, 6.45) is 0.638. The van der Waals surface area contributed by atoms with Gasteiger partial charge in [-0.1, -0.05) is 6.07 Å². The fourth-order valence-corrected chi connectivity index (χ4v) is 3.45. The Bertz CT molecular complexity index is 1050. The number of likely N-dealkylation sites (tertiary alicyclic amines) is 1. The van der Waals surface area contributed by atoms with Crippen LogP contribution in [0.3, 0.4) is 0 Å². The average Bonchev–Trinajstić information content (AvgIpc) is 3.37. The Labute approximate surface area is 165 Å². The summed E-state index contributed by atoms with van der Waals surface area (Å²) in [5.74, 6) is -1.42. The minimum atomic E-state index is -1.07. The molecule has 1 fully saturated rings. The van der Waals surface area contributed by atoms with Gasteiger partial charge in [0.25, 0.3) is 11.9 Å². The van der Waals surface area contributed by atoms with Gasteiger partial charge in [-0.3, -0.25) is 4.79 Å². The van der Waals surface area contributed by atoms with Crippen molar-refractivity contribution in [2.24, 2.45) is 0 Å². The minimum Gasteiger partial charge on any atom is -0.496 e. The van der Waals surface area contributed by atoms with Crippen molar-refractivity contribution in [2.75, 3.05) is 32.6 Å². The first-order valence-electron chi connectivity index (χ1n) is 9.03. The maximum absolute atomic E-state index is 13.8. The molecule has 3 aromatic rings. The van der Waals surface area contributed by atoms with Gasteiger partial charge >= 0.3 is 0 Å². The number of amides is 1. The van der Waals surface area contributed by atoms with Gasteiger partial charge in [0, 0.05) is 19.1 Å². The fourth-order valence-electron chi connectivity index (χ4n) is 3.45. The van der Waals surface area contributed by atoms with Gasteiger partial charge in [0.2, 0.25) is 5.82 Å². The molecule has 9 heteroatoms. The summed E-state index contributed by atoms with van der Waals surface area (Å²) < 4.78 is 43.1. The molecule has 0 aliphatic carbocycles. The first-order chi connectivity index (χ1) is 14.0. The Morgan fingerprint density at radius 2 is 1.93 bits per heavy atom. The van der Waals surface area contributed by atoms with Crippen molar-refractivity contribution < 1.29 is 27.5 Å². The number of hydrogen-bond donors (Lipinski definition) is 1. The molecule has 1 aliphatic rings. The number of oxazole rings is 1. The number of rotatable bonds is 5. The van der Waals surface area contributed by atoms with Gasteiger partial charge in [-0.15, -0.1) is 0 Å². The standard InChI is InChI=1S/C20H19F2N3O4/c1-27-14-4-3-5-15(28-2)16(14)19(26)25-9-8-11(10-25)23-20-24-13-7-6-12(21)17(22)18(13)29-20/h3-7,11H,8-10H2,1-2H3,(H,23,24). The highest BCUT2D eigenvalue weighted by Crippen LogP contribution is 2.31. The molecule has 7 nitrogen and oxygen atoms in total. The Morgan fingerprint density at radius 3 is 2.62 bits per heavy atom. The number of nitrogens with zero attached hydrogens (tertiary/aromatic N) is 2. The number of aromatic nitrogens is 1. The van der Waals surface area contributed by atoms with E-state index >= 15 is 0 Å². The molecule has 0 bridgehead atoms. The van der Waals surface area contributed by atoms with Crippen LogP contribution in [-0.2, 0) is 0 Å². The zero-order chi connectivity index (χ0) is 20.5. The van der Waals surface area contributed by atoms with Crippen LogP contribution >= 0.6 is 0 Å². The molecule has 4 rings (SSSR count). The molecular formula is C20H19F2N3O4. The highest BCUT2D eigenvalue weighted by Gasteiger charge is 2.31. The zero-order valence-corrected chi connectivity index (χ0v) is 15.9. The topological polar surface area (TPSA) is 76.8 Å². The summed E-state index contributed by atoms with van der Waals surface area (Å²) in [7, 11) is 2.99. The van der Waals surface area contributed by atoms with Crippen molar-refractivity contribution >= 4 is 23.0 Å². The second-order valence-electron chi connectivity index (χ2n) is 6.65. The van der Waals surface area contributed by atoms with Crippen LogP contribution < -0.4 is 14.8 Å². The second kappa shape index (κ2) is 7.57. The number of ether oxygens (including phenoxy) is 2. The van der Waals surface area contributed by atoms with Crippen LogP contribution in [0, 0.1) is 11.6 Å². The van der Waals surface area contributed by atoms with Crippen LogP contribution in [0.15, 0.2) is 34.7 Å². The summed E-state index contributed by atoms with van der Waals surface area (Å²) in [5, 5.41) is 3.05. The van der Waals surface area contributed by atoms with E-state index in [1.54, 1.807) is 23.1 Å². The zero-order valence-electron chi connectivity index (χ0n) is 15.9. The number of anilines is 1. The first-order valence-corrected chi connectivity index (χ1v) is 9.03. The Hall–Kier alpha value is -3.36. The minimum absolute atomic E-state index is 0.0821. The normalized spacial score (nSPS) is 16.3. The maximum atomic E-state index is 13.8. The maximum Gasteiger partial charge on any atom is 0.296 e. The number of hydrogen-bond acceptors (Lipinski definition) is 6. The summed E-state index contributed by atoms with van der Waals surface area (Å²) in [4.78, 5) is 18.8. The molecule has 1 saturated heterocycles. The molecule has 1 unspecified atom stereocenters. The molecule has 29 heavy (non-hydrogen) atoms. The predicted molar refractivity (Wildman–Crippen MR) is 101 cm³/mol. The second-order valence-corrected chi connectivity index (χ2v) is 6.65. The number of fused-ring (bicyclic) bond motifs is 1. The Morgan fingerprint density at radius 1 is 1.21 bits per heavy atom. The van der Waals surface area contributed by atoms with E-state index in [0.717, 1.165) is 6.07 Å². The van der Waals surface area contributed by atoms with Gasteiger partial charge in [0.15, 0.2) is 11.4 Å². The van der Waals surface area contributed by atoms with E-state index in [1.807, 2.05) is 0 Å². The lowest BCUT2D eigenvalue weighted by molar-refractivity contribution is 0.0784. The fraction of sp³-hybridized carbons (Fsp3) is 0.300. The summed E-state index contributed by atoms with van der Waals surface area (Å²) in [6.45, 7) is 0.885. The lowest BCUT2D eigenvalue weighted by Crippen LogP contribution is -2.32. The van der Waals surface area contributed by atoms with E-state index in [9.17, 15) is 13.6 Å². The molecule has 1 aromatic heterocycles. The van der Waals surface area contributed by atoms with E-state index in [1.165, 1.54) is 20.3 Å². The quantitative estimate of drug-likeness (QED) is 0.703. The van der Waals surface area contributed by atoms with E-state index in [-0.39, 0.29) is 29.1 Å². The van der Waals surface area contributed by atoms with E-state index < -0.39 is 11.6 Å². The molecule has 1 aliphatic heterocycles. The number of nitrogens with one attached hydrogen (secondary N) is 1. The van der Waals surface area contributed by atoms with Crippen molar-refractivity contribution in [1.82, 2.24) is 9.88 Å². The molecule has 1 atom stereocenters. The molecule has 2 aromatic carbocycles. The van der Waals surface area contributed by atoms with Gasteiger partial charge in [-0.05, 0) is 30.7 Å². The van der Waals surface area contributed by atoms with Crippen LogP contribution in [0.25, 0.3) is 11.1 Å². The number of benzene rings is 2. The largest absolute Gasteiger partial charge is 0.496 e. The van der Waals surface area contributed by atoms with Gasteiger partial charge in [-0.25, -0.2) is 4.39 Å². The van der Waals surface area contributed by atoms with Crippen LogP contribution in [0.2, 0.25) is 0 Å². The number of carbonyl (C=O) groups is 1. The van der Waals surface area contributed by atoms with Crippen molar-refractivity contribution in [3.05, 3.63) is 47.5 Å². The predicted octanol–water partition coefficient (Wildman–Crippen LogP) is 3.45. The number of carbonyl (C=O) groups excluding carboxylic acids is 1. The molecule has 0 spiro atoms. The van der Waals surface area contributed by atoms with Crippen LogP contribution in [0.4, 0.5) is 14.8 Å². The summed E-state index contributed by atoms with van der Waals surface area (Å²) >= 11 is 0. The van der Waals surface area contributed by atoms with Crippen molar-refractivity contribution in [3.63, 3.8) is 0 Å². The number of halogens is 2. The Balaban J connectivity index is 1.50. The van der Waals surface area contributed by atoms with Gasteiger partial charge in [0.1, 0.15) is 22.6 Å². The molecular weight excluding hydrogens is 384 g/mol. The van der Waals surface area contributed by atoms with E-state index in [2.05, 4.69) is 10.3 Å². The molecule has 0 radical (unpaired) electrons. The molecule has 0 saturated carbocycles. The SMILES string of the molecule is COc1cccc(OC)c1C(=O)N1CCC(Nc2nc3ccc(F)c(F)c3o2)C1. The average molecular weight is 403 g/mol. The first kappa shape index (κ1) is 19.0. The molecule has 1 N–H and O–H groups in total. The third kappa shape index (κ3) is 3.43. The monoisotopic (exact) mass is 403 g/mol. The smallest absolute Gasteiger partial charge is 0.296 e. The molecule has 152 valence electrons. The van der Waals surface area contributed by atoms with Gasteiger partial charge < -0.3 is 24.1 Å². The van der Waals surface area contributed by atoms with Crippen LogP contribution in [0.1, 0.15) is 16.8 Å². The van der Waals surface area contributed by atoms with Crippen molar-refractivity contribution in [3.8, 4) is 11.5 Å². The summed E-state index contributed by atoms with van der Waals surface area (Å²) in [6, 6.07) is 7.43. The van der Waals surface area contributed by atoms with Gasteiger partial charge in [0.05, 0.1) is 14.2 Å². The Kier molecular flexibility index (Phi) is 4.96. The van der Waals surface area contributed by atoms with Crippen LogP contribution in [0.5, 0.6) is 11.5 Å².